The van der Waals surface area contributed by atoms with Gasteiger partial charge in [-0.15, -0.1) is 0 Å². The Balaban J connectivity index is 1.90. The van der Waals surface area contributed by atoms with Crippen LogP contribution in [-0.2, 0) is 21.9 Å². The van der Waals surface area contributed by atoms with Crippen molar-refractivity contribution in [3.8, 4) is 0 Å². The lowest BCUT2D eigenvalue weighted by atomic mass is 9.87. The zero-order valence-corrected chi connectivity index (χ0v) is 18.5. The third-order valence-corrected chi connectivity index (χ3v) is 5.90. The molecule has 186 valence electrons. The Morgan fingerprint density at radius 2 is 1.56 bits per heavy atom. The molecule has 1 amide bonds. The van der Waals surface area contributed by atoms with Crippen LogP contribution in [0.1, 0.15) is 54.5 Å². The zero-order chi connectivity index (χ0) is 25.3. The Morgan fingerprint density at radius 1 is 1.00 bits per heavy atom. The molecule has 2 aromatic carbocycles. The van der Waals surface area contributed by atoms with Crippen molar-refractivity contribution in [2.75, 3.05) is 13.1 Å². The Bertz CT molecular complexity index is 958. The van der Waals surface area contributed by atoms with Crippen LogP contribution in [0.5, 0.6) is 0 Å². The third-order valence-electron chi connectivity index (χ3n) is 5.90. The normalized spacial score (nSPS) is 21.3. The molecule has 3 rings (SSSR count). The number of aliphatic hydroxyl groups is 1. The molecule has 34 heavy (non-hydrogen) atoms. The first kappa shape index (κ1) is 26.0. The first-order valence-electron chi connectivity index (χ1n) is 10.7. The molecule has 0 bridgehead atoms. The summed E-state index contributed by atoms with van der Waals surface area (Å²) >= 11 is 0. The summed E-state index contributed by atoms with van der Waals surface area (Å²) in [6.07, 6.45) is -12.4. The minimum absolute atomic E-state index is 0.0865. The average Bonchev–Trinajstić information content (AvgIpc) is 2.77. The molecular weight excluding hydrogens is 464 g/mol. The quantitative estimate of drug-likeness (QED) is 0.559. The third kappa shape index (κ3) is 6.09. The van der Waals surface area contributed by atoms with E-state index in [1.165, 1.54) is 18.7 Å². The molecule has 10 heteroatoms. The number of rotatable bonds is 5. The second-order valence-corrected chi connectivity index (χ2v) is 8.42. The molecule has 0 aliphatic carbocycles. The van der Waals surface area contributed by atoms with E-state index in [1.54, 1.807) is 18.2 Å². The first-order valence-corrected chi connectivity index (χ1v) is 10.7. The number of carbonyl (C=O) groups is 1. The van der Waals surface area contributed by atoms with Crippen molar-refractivity contribution in [1.82, 2.24) is 4.90 Å². The summed E-state index contributed by atoms with van der Waals surface area (Å²) < 4.78 is 85.6. The molecular formula is C24H25F6NO3. The van der Waals surface area contributed by atoms with E-state index in [0.29, 0.717) is 18.6 Å². The van der Waals surface area contributed by atoms with E-state index in [1.807, 2.05) is 12.1 Å². The lowest BCUT2D eigenvalue weighted by Crippen LogP contribution is -2.48. The van der Waals surface area contributed by atoms with Crippen LogP contribution in [0.4, 0.5) is 26.3 Å². The Kier molecular flexibility index (Phi) is 7.62. The van der Waals surface area contributed by atoms with Crippen LogP contribution in [0.25, 0.3) is 0 Å². The predicted molar refractivity (Wildman–Crippen MR) is 112 cm³/mol. The molecule has 2 aromatic rings. The van der Waals surface area contributed by atoms with Gasteiger partial charge in [0.1, 0.15) is 6.10 Å². The van der Waals surface area contributed by atoms with E-state index in [0.717, 1.165) is 5.56 Å². The summed E-state index contributed by atoms with van der Waals surface area (Å²) in [6, 6.07) is 10.4. The highest BCUT2D eigenvalue weighted by molar-refractivity contribution is 5.80. The second kappa shape index (κ2) is 9.95. The van der Waals surface area contributed by atoms with E-state index >= 15 is 0 Å². The van der Waals surface area contributed by atoms with Crippen LogP contribution in [-0.4, -0.2) is 41.2 Å². The van der Waals surface area contributed by atoms with E-state index in [4.69, 9.17) is 4.74 Å². The fourth-order valence-electron chi connectivity index (χ4n) is 4.13. The Labute approximate surface area is 193 Å². The topological polar surface area (TPSA) is 49.8 Å². The Hall–Kier alpha value is -2.59. The summed E-state index contributed by atoms with van der Waals surface area (Å²) in [6.45, 7) is 3.20. The van der Waals surface area contributed by atoms with Crippen LogP contribution in [0.3, 0.4) is 0 Å². The van der Waals surface area contributed by atoms with Gasteiger partial charge in [0, 0.05) is 19.0 Å². The van der Waals surface area contributed by atoms with E-state index in [2.05, 4.69) is 0 Å². The largest absolute Gasteiger partial charge is 0.416 e. The van der Waals surface area contributed by atoms with Gasteiger partial charge in [0.05, 0.1) is 23.3 Å². The standard InChI is InChI=1S/C24H25F6NO3/c1-14(32)22(33)31-9-8-21(20(13-31)16-6-4-3-5-7-16)34-15(2)17-10-18(23(25,26)27)12-19(11-17)24(28,29)30/h3-7,10-12,14-15,20-21,32H,8-9,13H2,1-2H3/t14?,15-,20+,21+/m1/s1. The molecule has 1 saturated heterocycles. The number of alkyl halides is 6. The van der Waals surface area contributed by atoms with E-state index in [9.17, 15) is 36.2 Å². The maximum atomic E-state index is 13.3. The number of hydrogen-bond donors (Lipinski definition) is 1. The highest BCUT2D eigenvalue weighted by Crippen LogP contribution is 2.39. The van der Waals surface area contributed by atoms with Gasteiger partial charge in [-0.2, -0.15) is 26.3 Å². The summed E-state index contributed by atoms with van der Waals surface area (Å²) in [5.74, 6) is -0.840. The number of likely N-dealkylation sites (tertiary alicyclic amines) is 1. The molecule has 0 aromatic heterocycles. The smallest absolute Gasteiger partial charge is 0.384 e. The summed E-state index contributed by atoms with van der Waals surface area (Å²) in [5, 5.41) is 9.67. The molecule has 1 heterocycles. The van der Waals surface area contributed by atoms with Crippen molar-refractivity contribution < 1.29 is 41.0 Å². The maximum Gasteiger partial charge on any atom is 0.416 e. The minimum atomic E-state index is -4.95. The van der Waals surface area contributed by atoms with Crippen LogP contribution >= 0.6 is 0 Å². The Morgan fingerprint density at radius 3 is 2.06 bits per heavy atom. The van der Waals surface area contributed by atoms with Crippen LogP contribution in [0.2, 0.25) is 0 Å². The molecule has 4 atom stereocenters. The second-order valence-electron chi connectivity index (χ2n) is 8.42. The van der Waals surface area contributed by atoms with E-state index in [-0.39, 0.29) is 30.6 Å². The molecule has 0 radical (unpaired) electrons. The van der Waals surface area contributed by atoms with Crippen molar-refractivity contribution >= 4 is 5.91 Å². The monoisotopic (exact) mass is 489 g/mol. The van der Waals surface area contributed by atoms with Crippen molar-refractivity contribution in [2.24, 2.45) is 0 Å². The number of carbonyl (C=O) groups excluding carboxylic acids is 1. The molecule has 0 spiro atoms. The average molecular weight is 489 g/mol. The van der Waals surface area contributed by atoms with Gasteiger partial charge in [0.2, 0.25) is 0 Å². The minimum Gasteiger partial charge on any atom is -0.384 e. The van der Waals surface area contributed by atoms with Gasteiger partial charge in [-0.1, -0.05) is 30.3 Å². The molecule has 0 saturated carbocycles. The number of nitrogens with zero attached hydrogens (tertiary/aromatic N) is 1. The summed E-state index contributed by atoms with van der Waals surface area (Å²) in [4.78, 5) is 13.8. The van der Waals surface area contributed by atoms with Crippen molar-refractivity contribution in [3.63, 3.8) is 0 Å². The first-order chi connectivity index (χ1) is 15.8. The van der Waals surface area contributed by atoms with Crippen LogP contribution < -0.4 is 0 Å². The molecule has 1 aliphatic rings. The maximum absolute atomic E-state index is 13.3. The fourth-order valence-corrected chi connectivity index (χ4v) is 4.13. The van der Waals surface area contributed by atoms with E-state index < -0.39 is 47.7 Å². The van der Waals surface area contributed by atoms with Crippen molar-refractivity contribution in [1.29, 1.82) is 0 Å². The number of aliphatic hydroxyl groups excluding tert-OH is 1. The van der Waals surface area contributed by atoms with Crippen LogP contribution in [0.15, 0.2) is 48.5 Å². The van der Waals surface area contributed by atoms with Gasteiger partial charge in [0.15, 0.2) is 0 Å². The summed E-state index contributed by atoms with van der Waals surface area (Å²) in [7, 11) is 0. The van der Waals surface area contributed by atoms with Gasteiger partial charge in [-0.25, -0.2) is 0 Å². The van der Waals surface area contributed by atoms with Gasteiger partial charge in [0.25, 0.3) is 5.91 Å². The number of halogens is 6. The number of hydrogen-bond acceptors (Lipinski definition) is 3. The fraction of sp³-hybridized carbons (Fsp3) is 0.458. The van der Waals surface area contributed by atoms with Crippen molar-refractivity contribution in [2.45, 2.75) is 56.9 Å². The molecule has 4 nitrogen and oxygen atoms in total. The number of benzene rings is 2. The molecule has 1 N–H and O–H groups in total. The number of ether oxygens (including phenoxy) is 1. The number of piperidine rings is 1. The van der Waals surface area contributed by atoms with Crippen LogP contribution in [0, 0.1) is 0 Å². The van der Waals surface area contributed by atoms with Gasteiger partial charge in [-0.3, -0.25) is 4.79 Å². The lowest BCUT2D eigenvalue weighted by Gasteiger charge is -2.40. The predicted octanol–water partition coefficient (Wildman–Crippen LogP) is 5.57. The van der Waals surface area contributed by atoms with Gasteiger partial charge < -0.3 is 14.7 Å². The molecule has 1 fully saturated rings. The molecule has 1 aliphatic heterocycles. The van der Waals surface area contributed by atoms with Crippen molar-refractivity contribution in [3.05, 3.63) is 70.8 Å². The number of amides is 1. The highest BCUT2D eigenvalue weighted by Gasteiger charge is 2.39. The highest BCUT2D eigenvalue weighted by atomic mass is 19.4. The van der Waals surface area contributed by atoms with Gasteiger partial charge >= 0.3 is 12.4 Å². The van der Waals surface area contributed by atoms with Gasteiger partial charge in [-0.05, 0) is 49.6 Å². The zero-order valence-electron chi connectivity index (χ0n) is 18.5. The molecule has 1 unspecified atom stereocenters. The summed E-state index contributed by atoms with van der Waals surface area (Å²) in [5.41, 5.74) is -2.23. The SMILES string of the molecule is CC(O)C(=O)N1CC[C@H](O[C@H](C)c2cc(C(F)(F)F)cc(C(F)(F)F)c2)[C@H](c2ccccc2)C1. The lowest BCUT2D eigenvalue weighted by molar-refractivity contribution is -0.143.